The normalized spacial score (nSPS) is 17.4. The monoisotopic (exact) mass is 227 g/mol. The number of likely N-dealkylation sites (tertiary alicyclic amines) is 1. The second-order valence-corrected chi connectivity index (χ2v) is 4.91. The fraction of sp³-hybridized carbons (Fsp3) is 0.818. The first-order valence-electron chi connectivity index (χ1n) is 5.73. The molecule has 1 rings (SSSR count). The third-order valence-corrected chi connectivity index (χ3v) is 2.74. The molecule has 0 aromatic heterocycles. The highest BCUT2D eigenvalue weighted by Gasteiger charge is 2.23. The Hall–Kier alpha value is -1.10. The van der Waals surface area contributed by atoms with Crippen LogP contribution < -0.4 is 11.1 Å². The minimum atomic E-state index is -0.407. The van der Waals surface area contributed by atoms with Crippen molar-refractivity contribution in [1.82, 2.24) is 10.2 Å². The lowest BCUT2D eigenvalue weighted by Crippen LogP contribution is -2.52. The second-order valence-electron chi connectivity index (χ2n) is 4.91. The van der Waals surface area contributed by atoms with Crippen LogP contribution in [-0.2, 0) is 9.59 Å². The molecule has 0 aromatic rings. The van der Waals surface area contributed by atoms with Crippen molar-refractivity contribution < 1.29 is 9.59 Å². The molecule has 1 aliphatic rings. The number of nitrogens with one attached hydrogen (secondary N) is 1. The molecule has 5 heteroatoms. The Bertz CT molecular complexity index is 276. The van der Waals surface area contributed by atoms with Gasteiger partial charge in [0.2, 0.25) is 11.8 Å². The third-order valence-electron chi connectivity index (χ3n) is 2.74. The van der Waals surface area contributed by atoms with Crippen LogP contribution in [0.25, 0.3) is 0 Å². The largest absolute Gasteiger partial charge is 0.348 e. The van der Waals surface area contributed by atoms with Crippen LogP contribution in [0.1, 0.15) is 33.1 Å². The van der Waals surface area contributed by atoms with Crippen molar-refractivity contribution in [3.05, 3.63) is 0 Å². The third kappa shape index (κ3) is 3.81. The van der Waals surface area contributed by atoms with E-state index in [1.807, 2.05) is 13.8 Å². The average molecular weight is 227 g/mol. The van der Waals surface area contributed by atoms with Crippen LogP contribution in [0, 0.1) is 0 Å². The van der Waals surface area contributed by atoms with Crippen molar-refractivity contribution in [2.45, 2.75) is 38.6 Å². The summed E-state index contributed by atoms with van der Waals surface area (Å²) in [7, 11) is 0. The highest BCUT2D eigenvalue weighted by Crippen LogP contribution is 2.10. The lowest BCUT2D eigenvalue weighted by atomic mass is 10.1. The van der Waals surface area contributed by atoms with Gasteiger partial charge in [-0.1, -0.05) is 0 Å². The number of carbonyl (C=O) groups is 2. The summed E-state index contributed by atoms with van der Waals surface area (Å²) in [5, 5.41) is 2.82. The predicted molar refractivity (Wildman–Crippen MR) is 61.7 cm³/mol. The zero-order valence-corrected chi connectivity index (χ0v) is 10.1. The molecule has 0 bridgehead atoms. The van der Waals surface area contributed by atoms with E-state index in [1.54, 1.807) is 4.90 Å². The molecular weight excluding hydrogens is 206 g/mol. The van der Waals surface area contributed by atoms with Crippen LogP contribution in [0.3, 0.4) is 0 Å². The highest BCUT2D eigenvalue weighted by molar-refractivity contribution is 5.85. The van der Waals surface area contributed by atoms with E-state index in [0.29, 0.717) is 19.5 Å². The van der Waals surface area contributed by atoms with Crippen molar-refractivity contribution in [3.63, 3.8) is 0 Å². The van der Waals surface area contributed by atoms with E-state index < -0.39 is 5.54 Å². The Balaban J connectivity index is 2.41. The van der Waals surface area contributed by atoms with Crippen molar-refractivity contribution in [2.24, 2.45) is 5.73 Å². The summed E-state index contributed by atoms with van der Waals surface area (Å²) < 4.78 is 0. The predicted octanol–water partition coefficient (Wildman–Crippen LogP) is -0.148. The number of carbonyl (C=O) groups excluding carboxylic acids is 2. The van der Waals surface area contributed by atoms with Crippen LogP contribution >= 0.6 is 0 Å². The first-order valence-corrected chi connectivity index (χ1v) is 5.73. The van der Waals surface area contributed by atoms with Crippen LogP contribution in [0.15, 0.2) is 0 Å². The Labute approximate surface area is 96.4 Å². The molecule has 0 saturated carbocycles. The number of hydrogen-bond acceptors (Lipinski definition) is 3. The summed E-state index contributed by atoms with van der Waals surface area (Å²) >= 11 is 0. The van der Waals surface area contributed by atoms with E-state index in [0.717, 1.165) is 12.8 Å². The molecular formula is C11H21N3O2. The van der Waals surface area contributed by atoms with E-state index in [-0.39, 0.29) is 18.4 Å². The molecule has 0 aliphatic carbocycles. The standard InChI is InChI=1S/C11H21N3O2/c1-11(2,8-12)13-9(15)7-14-6-4-3-5-10(14)16/h3-8,12H2,1-2H3,(H,13,15). The number of nitrogens with zero attached hydrogens (tertiary/aromatic N) is 1. The quantitative estimate of drug-likeness (QED) is 0.701. The molecule has 0 spiro atoms. The summed E-state index contributed by atoms with van der Waals surface area (Å²) in [5.74, 6) is -0.0577. The van der Waals surface area contributed by atoms with Gasteiger partial charge in [-0.15, -0.1) is 0 Å². The molecule has 1 saturated heterocycles. The molecule has 16 heavy (non-hydrogen) atoms. The van der Waals surface area contributed by atoms with Gasteiger partial charge in [0.25, 0.3) is 0 Å². The molecule has 1 fully saturated rings. The topological polar surface area (TPSA) is 75.4 Å². The van der Waals surface area contributed by atoms with Gasteiger partial charge in [0.1, 0.15) is 0 Å². The summed E-state index contributed by atoms with van der Waals surface area (Å²) in [4.78, 5) is 24.8. The van der Waals surface area contributed by atoms with Gasteiger partial charge in [-0.3, -0.25) is 9.59 Å². The second kappa shape index (κ2) is 5.30. The molecule has 2 amide bonds. The maximum atomic E-state index is 11.7. The minimum Gasteiger partial charge on any atom is -0.348 e. The average Bonchev–Trinajstić information content (AvgIpc) is 2.21. The van der Waals surface area contributed by atoms with Crippen molar-refractivity contribution in [3.8, 4) is 0 Å². The smallest absolute Gasteiger partial charge is 0.240 e. The Morgan fingerprint density at radius 3 is 2.75 bits per heavy atom. The van der Waals surface area contributed by atoms with E-state index in [4.69, 9.17) is 5.73 Å². The Morgan fingerprint density at radius 1 is 1.50 bits per heavy atom. The number of rotatable bonds is 4. The summed E-state index contributed by atoms with van der Waals surface area (Å²) in [6.45, 7) is 4.95. The molecule has 92 valence electrons. The molecule has 5 nitrogen and oxygen atoms in total. The highest BCUT2D eigenvalue weighted by atomic mass is 16.2. The fourth-order valence-electron chi connectivity index (χ4n) is 1.67. The van der Waals surface area contributed by atoms with Gasteiger partial charge in [-0.25, -0.2) is 0 Å². The van der Waals surface area contributed by atoms with E-state index in [9.17, 15) is 9.59 Å². The van der Waals surface area contributed by atoms with Crippen molar-refractivity contribution in [2.75, 3.05) is 19.6 Å². The summed E-state index contributed by atoms with van der Waals surface area (Å²) in [6, 6.07) is 0. The Kier molecular flexibility index (Phi) is 4.29. The van der Waals surface area contributed by atoms with Crippen molar-refractivity contribution >= 4 is 11.8 Å². The zero-order chi connectivity index (χ0) is 12.2. The molecule has 0 radical (unpaired) electrons. The Morgan fingerprint density at radius 2 is 2.19 bits per heavy atom. The summed E-state index contributed by atoms with van der Waals surface area (Å²) in [6.07, 6.45) is 2.48. The van der Waals surface area contributed by atoms with Gasteiger partial charge in [-0.05, 0) is 26.7 Å². The number of piperidine rings is 1. The van der Waals surface area contributed by atoms with Gasteiger partial charge in [0, 0.05) is 25.0 Å². The number of hydrogen-bond donors (Lipinski definition) is 2. The van der Waals surface area contributed by atoms with Gasteiger partial charge in [0.15, 0.2) is 0 Å². The maximum absolute atomic E-state index is 11.7. The zero-order valence-electron chi connectivity index (χ0n) is 10.1. The lowest BCUT2D eigenvalue weighted by molar-refractivity contribution is -0.138. The van der Waals surface area contributed by atoms with Gasteiger partial charge in [-0.2, -0.15) is 0 Å². The fourth-order valence-corrected chi connectivity index (χ4v) is 1.67. The van der Waals surface area contributed by atoms with Crippen molar-refractivity contribution in [1.29, 1.82) is 0 Å². The van der Waals surface area contributed by atoms with Crippen LogP contribution in [-0.4, -0.2) is 41.9 Å². The van der Waals surface area contributed by atoms with E-state index >= 15 is 0 Å². The van der Waals surface area contributed by atoms with Gasteiger partial charge in [0.05, 0.1) is 6.54 Å². The van der Waals surface area contributed by atoms with E-state index in [1.165, 1.54) is 0 Å². The molecule has 1 aliphatic heterocycles. The molecule has 0 atom stereocenters. The molecule has 0 unspecified atom stereocenters. The number of amides is 2. The minimum absolute atomic E-state index is 0.0759. The van der Waals surface area contributed by atoms with Crippen LogP contribution in [0.2, 0.25) is 0 Å². The first kappa shape index (κ1) is 13.0. The molecule has 3 N–H and O–H groups in total. The van der Waals surface area contributed by atoms with E-state index in [2.05, 4.69) is 5.32 Å². The van der Waals surface area contributed by atoms with Crippen LogP contribution in [0.5, 0.6) is 0 Å². The SMILES string of the molecule is CC(C)(CN)NC(=O)CN1CCCCC1=O. The van der Waals surface area contributed by atoms with Gasteiger partial charge < -0.3 is 16.0 Å². The molecule has 1 heterocycles. The van der Waals surface area contributed by atoms with Crippen LogP contribution in [0.4, 0.5) is 0 Å². The maximum Gasteiger partial charge on any atom is 0.240 e. The summed E-state index contributed by atoms with van der Waals surface area (Å²) in [5.41, 5.74) is 5.11. The lowest BCUT2D eigenvalue weighted by Gasteiger charge is -2.29. The number of nitrogens with two attached hydrogens (primary N) is 1. The van der Waals surface area contributed by atoms with Gasteiger partial charge >= 0.3 is 0 Å². The first-order chi connectivity index (χ1) is 7.44. The molecule has 0 aromatic carbocycles.